The molecule has 0 atom stereocenters. The molecule has 5 heteroatoms. The Hall–Kier alpha value is -2.14. The molecule has 0 unspecified atom stereocenters. The van der Waals surface area contributed by atoms with Crippen molar-refractivity contribution in [1.82, 2.24) is 4.57 Å². The van der Waals surface area contributed by atoms with Crippen molar-refractivity contribution >= 4 is 22.7 Å². The Bertz CT molecular complexity index is 685. The molecule has 0 aliphatic rings. The minimum Gasteiger partial charge on any atom is -0.478 e. The summed E-state index contributed by atoms with van der Waals surface area (Å²) in [6.07, 6.45) is 2.18. The van der Waals surface area contributed by atoms with Crippen LogP contribution in [0.1, 0.15) is 39.6 Å². The van der Waals surface area contributed by atoms with E-state index >= 15 is 0 Å². The molecule has 0 aliphatic heterocycles. The van der Waals surface area contributed by atoms with Crippen molar-refractivity contribution in [2.45, 2.75) is 26.8 Å². The Balaban J connectivity index is 2.79. The number of Topliss-reactive ketones (excluding diaryl/α,β-unsaturated/α-hetero) is 1. The van der Waals surface area contributed by atoms with Gasteiger partial charge in [-0.1, -0.05) is 0 Å². The molecule has 106 valence electrons. The summed E-state index contributed by atoms with van der Waals surface area (Å²) in [5.41, 5.74) is 2.05. The zero-order valence-electron chi connectivity index (χ0n) is 11.5. The molecule has 5 nitrogen and oxygen atoms in total. The quantitative estimate of drug-likeness (QED) is 0.820. The molecule has 0 radical (unpaired) electrons. The second kappa shape index (κ2) is 5.46. The molecule has 2 rings (SSSR count). The molecular weight excluding hydrogens is 258 g/mol. The van der Waals surface area contributed by atoms with Crippen LogP contribution in [-0.4, -0.2) is 33.1 Å². The van der Waals surface area contributed by atoms with Crippen LogP contribution >= 0.6 is 0 Å². The van der Waals surface area contributed by atoms with E-state index in [2.05, 4.69) is 0 Å². The largest absolute Gasteiger partial charge is 0.478 e. The molecule has 1 aromatic heterocycles. The van der Waals surface area contributed by atoms with Gasteiger partial charge in [0.1, 0.15) is 0 Å². The number of aliphatic hydroxyl groups excluding tert-OH is 1. The number of aromatic carboxylic acids is 1. The normalized spacial score (nSPS) is 10.9. The number of fused-ring (bicyclic) bond motifs is 1. The molecule has 0 aliphatic carbocycles. The van der Waals surface area contributed by atoms with Crippen molar-refractivity contribution in [3.63, 3.8) is 0 Å². The Morgan fingerprint density at radius 2 is 1.95 bits per heavy atom. The molecule has 0 saturated heterocycles. The minimum absolute atomic E-state index is 0.0172. The minimum atomic E-state index is -1.02. The van der Waals surface area contributed by atoms with Crippen molar-refractivity contribution in [3.05, 3.63) is 35.0 Å². The van der Waals surface area contributed by atoms with Gasteiger partial charge in [0, 0.05) is 30.3 Å². The predicted molar refractivity (Wildman–Crippen MR) is 75.3 cm³/mol. The maximum Gasteiger partial charge on any atom is 0.337 e. The van der Waals surface area contributed by atoms with Gasteiger partial charge in [-0.25, -0.2) is 4.79 Å². The number of benzene rings is 1. The fourth-order valence-electron chi connectivity index (χ4n) is 2.44. The Morgan fingerprint density at radius 3 is 2.50 bits per heavy atom. The number of ketones is 1. The zero-order chi connectivity index (χ0) is 14.9. The highest BCUT2D eigenvalue weighted by molar-refractivity contribution is 6.12. The molecule has 0 spiro atoms. The first kappa shape index (κ1) is 14.3. The second-order valence-electron chi connectivity index (χ2n) is 4.88. The lowest BCUT2D eigenvalue weighted by molar-refractivity contribution is 0.0698. The first-order valence-electron chi connectivity index (χ1n) is 6.44. The van der Waals surface area contributed by atoms with Gasteiger partial charge in [-0.15, -0.1) is 0 Å². The van der Waals surface area contributed by atoms with E-state index in [-0.39, 0.29) is 18.0 Å². The third-order valence-corrected chi connectivity index (χ3v) is 3.28. The highest BCUT2D eigenvalue weighted by Crippen LogP contribution is 2.27. The summed E-state index contributed by atoms with van der Waals surface area (Å²) in [7, 11) is 0. The molecule has 0 amide bonds. The SMILES string of the molecule is CC(=O)c1cn(CCCO)c2c(C(=O)O)cc(C)cc12. The maximum atomic E-state index is 11.7. The van der Waals surface area contributed by atoms with Gasteiger partial charge < -0.3 is 14.8 Å². The first-order chi connectivity index (χ1) is 9.45. The number of aromatic nitrogens is 1. The van der Waals surface area contributed by atoms with E-state index in [0.29, 0.717) is 29.4 Å². The van der Waals surface area contributed by atoms with Crippen molar-refractivity contribution in [2.24, 2.45) is 0 Å². The van der Waals surface area contributed by atoms with Crippen LogP contribution in [0.25, 0.3) is 10.9 Å². The van der Waals surface area contributed by atoms with E-state index in [1.165, 1.54) is 6.92 Å². The molecule has 20 heavy (non-hydrogen) atoms. The van der Waals surface area contributed by atoms with Crippen LogP contribution in [0.15, 0.2) is 18.3 Å². The number of rotatable bonds is 5. The smallest absolute Gasteiger partial charge is 0.337 e. The van der Waals surface area contributed by atoms with Gasteiger partial charge in [0.25, 0.3) is 0 Å². The van der Waals surface area contributed by atoms with Crippen LogP contribution in [0.3, 0.4) is 0 Å². The third-order valence-electron chi connectivity index (χ3n) is 3.28. The van der Waals surface area contributed by atoms with Crippen LogP contribution in [-0.2, 0) is 6.54 Å². The van der Waals surface area contributed by atoms with E-state index in [4.69, 9.17) is 5.11 Å². The summed E-state index contributed by atoms with van der Waals surface area (Å²) in [4.78, 5) is 23.2. The summed E-state index contributed by atoms with van der Waals surface area (Å²) in [6.45, 7) is 3.77. The van der Waals surface area contributed by atoms with Crippen LogP contribution < -0.4 is 0 Å². The van der Waals surface area contributed by atoms with Gasteiger partial charge in [0.05, 0.1) is 11.1 Å². The Morgan fingerprint density at radius 1 is 1.25 bits per heavy atom. The zero-order valence-corrected chi connectivity index (χ0v) is 11.5. The summed E-state index contributed by atoms with van der Waals surface area (Å²) in [5.74, 6) is -1.11. The average Bonchev–Trinajstić information content (AvgIpc) is 2.73. The van der Waals surface area contributed by atoms with Crippen molar-refractivity contribution in [2.75, 3.05) is 6.61 Å². The van der Waals surface area contributed by atoms with Gasteiger partial charge in [-0.05, 0) is 38.0 Å². The number of aryl methyl sites for hydroxylation is 2. The van der Waals surface area contributed by atoms with Crippen molar-refractivity contribution < 1.29 is 19.8 Å². The van der Waals surface area contributed by atoms with Gasteiger partial charge in [0.15, 0.2) is 5.78 Å². The molecule has 0 bridgehead atoms. The van der Waals surface area contributed by atoms with E-state index in [1.807, 2.05) is 6.07 Å². The van der Waals surface area contributed by atoms with Crippen molar-refractivity contribution in [1.29, 1.82) is 0 Å². The number of carboxylic acids is 1. The van der Waals surface area contributed by atoms with E-state index in [0.717, 1.165) is 5.56 Å². The number of carboxylic acid groups (broad SMARTS) is 1. The van der Waals surface area contributed by atoms with Crippen molar-refractivity contribution in [3.8, 4) is 0 Å². The molecular formula is C15H17NO4. The van der Waals surface area contributed by atoms with Gasteiger partial charge in [0.2, 0.25) is 0 Å². The second-order valence-corrected chi connectivity index (χ2v) is 4.88. The number of carbonyl (C=O) groups is 2. The monoisotopic (exact) mass is 275 g/mol. The topological polar surface area (TPSA) is 79.5 Å². The lowest BCUT2D eigenvalue weighted by atomic mass is 10.0. The maximum absolute atomic E-state index is 11.7. The molecule has 2 N–H and O–H groups in total. The standard InChI is InChI=1S/C15H17NO4/c1-9-6-11-13(10(2)18)8-16(4-3-5-17)14(11)12(7-9)15(19)20/h6-8,17H,3-5H2,1-2H3,(H,19,20). The molecule has 0 saturated carbocycles. The summed E-state index contributed by atoms with van der Waals surface area (Å²) >= 11 is 0. The van der Waals surface area contributed by atoms with Crippen LogP contribution in [0.5, 0.6) is 0 Å². The van der Waals surface area contributed by atoms with E-state index < -0.39 is 5.97 Å². The number of hydrogen-bond donors (Lipinski definition) is 2. The van der Waals surface area contributed by atoms with Gasteiger partial charge in [-0.3, -0.25) is 4.79 Å². The number of nitrogens with zero attached hydrogens (tertiary/aromatic N) is 1. The highest BCUT2D eigenvalue weighted by atomic mass is 16.4. The first-order valence-corrected chi connectivity index (χ1v) is 6.44. The van der Waals surface area contributed by atoms with Gasteiger partial charge >= 0.3 is 5.97 Å². The lowest BCUT2D eigenvalue weighted by Crippen LogP contribution is -2.04. The number of aliphatic hydroxyl groups is 1. The number of hydrogen-bond acceptors (Lipinski definition) is 3. The molecule has 1 aromatic carbocycles. The lowest BCUT2D eigenvalue weighted by Gasteiger charge is -2.07. The summed E-state index contributed by atoms with van der Waals surface area (Å²) < 4.78 is 1.74. The molecule has 2 aromatic rings. The van der Waals surface area contributed by atoms with E-state index in [9.17, 15) is 14.7 Å². The predicted octanol–water partition coefficient (Wildman–Crippen LogP) is 2.23. The summed E-state index contributed by atoms with van der Waals surface area (Å²) in [5, 5.41) is 19.0. The fourth-order valence-corrected chi connectivity index (χ4v) is 2.44. The van der Waals surface area contributed by atoms with Gasteiger partial charge in [-0.2, -0.15) is 0 Å². The number of carbonyl (C=O) groups excluding carboxylic acids is 1. The van der Waals surface area contributed by atoms with Crippen LogP contribution in [0, 0.1) is 6.92 Å². The Labute approximate surface area is 116 Å². The molecule has 1 heterocycles. The molecule has 0 fully saturated rings. The fraction of sp³-hybridized carbons (Fsp3) is 0.333. The Kier molecular flexibility index (Phi) is 3.90. The summed E-state index contributed by atoms with van der Waals surface area (Å²) in [6, 6.07) is 3.43. The van der Waals surface area contributed by atoms with E-state index in [1.54, 1.807) is 23.8 Å². The van der Waals surface area contributed by atoms with Crippen LogP contribution in [0.4, 0.5) is 0 Å². The van der Waals surface area contributed by atoms with Crippen LogP contribution in [0.2, 0.25) is 0 Å². The highest BCUT2D eigenvalue weighted by Gasteiger charge is 2.18. The third kappa shape index (κ3) is 2.44. The average molecular weight is 275 g/mol.